The largest absolute Gasteiger partial charge is 0.478 e. The van der Waals surface area contributed by atoms with Gasteiger partial charge in [-0.3, -0.25) is 27.3 Å². The van der Waals surface area contributed by atoms with Gasteiger partial charge in [0.05, 0.1) is 38.7 Å². The van der Waals surface area contributed by atoms with Crippen LogP contribution in [0.25, 0.3) is 10.8 Å². The molecule has 0 radical (unpaired) electrons. The van der Waals surface area contributed by atoms with Crippen LogP contribution in [0.15, 0.2) is 75.0 Å². The van der Waals surface area contributed by atoms with Crippen molar-refractivity contribution in [3.05, 3.63) is 77.0 Å². The molecule has 22 nitrogen and oxygen atoms in total. The fourth-order valence-corrected chi connectivity index (χ4v) is 11.8. The van der Waals surface area contributed by atoms with Crippen molar-refractivity contribution in [2.75, 3.05) is 35.2 Å². The summed E-state index contributed by atoms with van der Waals surface area (Å²) in [4.78, 5) is 11.4. The quantitative estimate of drug-likeness (QED) is 0.0711. The summed E-state index contributed by atoms with van der Waals surface area (Å²) in [5.74, 6) is -3.97. The van der Waals surface area contributed by atoms with Crippen LogP contribution in [-0.4, -0.2) is 130 Å². The van der Waals surface area contributed by atoms with E-state index in [1.54, 1.807) is 13.8 Å². The molecule has 3 aromatic carbocycles. The average molecular weight is 1020 g/mol. The van der Waals surface area contributed by atoms with Gasteiger partial charge < -0.3 is 10.0 Å². The molecule has 0 aliphatic carbocycles. The van der Waals surface area contributed by atoms with Crippen molar-refractivity contribution >= 4 is 94.5 Å². The van der Waals surface area contributed by atoms with Gasteiger partial charge in [-0.15, -0.1) is 0 Å². The molecule has 64 heavy (non-hydrogen) atoms. The first-order chi connectivity index (χ1) is 29.0. The predicted molar refractivity (Wildman–Crippen MR) is 229 cm³/mol. The van der Waals surface area contributed by atoms with Crippen LogP contribution >= 0.6 is 0 Å². The highest BCUT2D eigenvalue weighted by molar-refractivity contribution is 7.87. The second kappa shape index (κ2) is 17.2. The number of aromatic carboxylic acids is 1. The maximum Gasteiger partial charge on any atom is 0.336 e. The maximum absolute atomic E-state index is 12.7. The fraction of sp³-hybridized carbons (Fsp3) is 0.389. The molecule has 0 aromatic heterocycles. The molecule has 2 aliphatic rings. The lowest BCUT2D eigenvalue weighted by molar-refractivity contribution is -0.437. The van der Waals surface area contributed by atoms with E-state index in [0.29, 0.717) is 6.07 Å². The Labute approximate surface area is 369 Å². The molecule has 5 rings (SSSR count). The van der Waals surface area contributed by atoms with Crippen LogP contribution < -0.4 is 4.90 Å². The summed E-state index contributed by atoms with van der Waals surface area (Å²) in [5, 5.41) is 9.76. The molecule has 28 heteroatoms. The first-order valence-corrected chi connectivity index (χ1v) is 27.7. The molecule has 2 aliphatic heterocycles. The van der Waals surface area contributed by atoms with E-state index < -0.39 is 115 Å². The van der Waals surface area contributed by atoms with Crippen molar-refractivity contribution in [2.24, 2.45) is 0 Å². The third-order valence-electron chi connectivity index (χ3n) is 10.9. The van der Waals surface area contributed by atoms with Crippen molar-refractivity contribution in [3.8, 4) is 0 Å². The number of carboxylic acid groups (broad SMARTS) is 1. The Kier molecular flexibility index (Phi) is 13.7. The van der Waals surface area contributed by atoms with Gasteiger partial charge in [-0.2, -0.15) is 55.1 Å². The molecule has 0 bridgehead atoms. The molecule has 1 atom stereocenters. The van der Waals surface area contributed by atoms with E-state index in [2.05, 4.69) is 0 Å². The number of carbonyl (C=O) groups is 1. The Bertz CT molecular complexity index is 3270. The smallest absolute Gasteiger partial charge is 0.336 e. The van der Waals surface area contributed by atoms with E-state index in [0.717, 1.165) is 18.2 Å². The summed E-state index contributed by atoms with van der Waals surface area (Å²) in [6.45, 7) is 4.10. The first kappa shape index (κ1) is 50.8. The zero-order valence-electron chi connectivity index (χ0n) is 33.8. The normalized spacial score (nSPS) is 19.0. The molecular weight excluding hydrogens is 973 g/mol. The molecule has 352 valence electrons. The van der Waals surface area contributed by atoms with Crippen LogP contribution in [0.3, 0.4) is 0 Å². The lowest BCUT2D eigenvalue weighted by Crippen LogP contribution is -2.31. The number of hydrogen-bond acceptors (Lipinski definition) is 14. The summed E-state index contributed by atoms with van der Waals surface area (Å²) in [6, 6.07) is 5.69. The molecule has 0 spiro atoms. The number of anilines is 1. The molecule has 0 fully saturated rings. The number of rotatable bonds is 18. The van der Waals surface area contributed by atoms with Gasteiger partial charge in [0.25, 0.3) is 60.7 Å². The van der Waals surface area contributed by atoms with Crippen molar-refractivity contribution in [2.45, 2.75) is 72.0 Å². The second-order valence-corrected chi connectivity index (χ2v) is 24.7. The fourth-order valence-electron chi connectivity index (χ4n) is 8.43. The van der Waals surface area contributed by atoms with E-state index in [-0.39, 0.29) is 83.5 Å². The number of fused-ring (bicyclic) bond motifs is 4. The van der Waals surface area contributed by atoms with Crippen molar-refractivity contribution in [1.82, 2.24) is 0 Å². The number of benzene rings is 3. The Morgan fingerprint density at radius 2 is 1.22 bits per heavy atom. The van der Waals surface area contributed by atoms with E-state index in [4.69, 9.17) is 0 Å². The number of hydrogen-bond donors (Lipinski definition) is 7. The van der Waals surface area contributed by atoms with Gasteiger partial charge in [0, 0.05) is 47.3 Å². The SMILES string of the molecule is CC1(C)C(/C=C/C=C2/N(CCCS(=O)(=O)O)c3ccc4c(S(=O)(=O)O)cc(S(=O)(=O)O)cc4c3C2(C)CCCS(=O)(=O)O)=[N+](CCCS(=O)(=O)O)c2cc(S(=O)(=O)O)cc(C(=O)O)c21. The Hall–Kier alpha value is -4.20. The molecule has 0 saturated carbocycles. The van der Waals surface area contributed by atoms with Gasteiger partial charge in [0.1, 0.15) is 16.3 Å². The summed E-state index contributed by atoms with van der Waals surface area (Å²) in [6.07, 6.45) is 3.10. The van der Waals surface area contributed by atoms with Crippen LogP contribution in [0, 0.1) is 0 Å². The minimum Gasteiger partial charge on any atom is -0.478 e. The Morgan fingerprint density at radius 3 is 1.75 bits per heavy atom. The molecule has 0 amide bonds. The van der Waals surface area contributed by atoms with Gasteiger partial charge in [0.2, 0.25) is 5.69 Å². The highest BCUT2D eigenvalue weighted by atomic mass is 32.2. The Morgan fingerprint density at radius 1 is 0.672 bits per heavy atom. The van der Waals surface area contributed by atoms with Crippen LogP contribution in [0.4, 0.5) is 11.4 Å². The summed E-state index contributed by atoms with van der Waals surface area (Å²) >= 11 is 0. The second-order valence-electron chi connectivity index (χ2n) is 15.8. The lowest BCUT2D eigenvalue weighted by Gasteiger charge is -2.31. The molecule has 1 unspecified atom stereocenters. The first-order valence-electron chi connectivity index (χ1n) is 18.6. The topological polar surface area (TPSA) is 370 Å². The molecule has 0 saturated heterocycles. The summed E-state index contributed by atoms with van der Waals surface area (Å²) in [7, 11) is -29.1. The molecule has 2 heterocycles. The monoisotopic (exact) mass is 1020 g/mol. The third-order valence-corrected chi connectivity index (χ3v) is 15.9. The highest BCUT2D eigenvalue weighted by Gasteiger charge is 2.49. The predicted octanol–water partition coefficient (Wildman–Crippen LogP) is 3.10. The lowest BCUT2D eigenvalue weighted by atomic mass is 9.75. The van der Waals surface area contributed by atoms with Crippen LogP contribution in [-0.2, 0) is 71.5 Å². The maximum atomic E-state index is 12.7. The van der Waals surface area contributed by atoms with Crippen LogP contribution in [0.2, 0.25) is 0 Å². The van der Waals surface area contributed by atoms with Crippen molar-refractivity contribution < 1.29 is 92.3 Å². The van der Waals surface area contributed by atoms with Crippen molar-refractivity contribution in [1.29, 1.82) is 0 Å². The molecular formula is C36H43N2O20S6+. The summed E-state index contributed by atoms with van der Waals surface area (Å²) < 4.78 is 206. The third kappa shape index (κ3) is 10.9. The minimum atomic E-state index is -5.22. The van der Waals surface area contributed by atoms with Gasteiger partial charge in [0.15, 0.2) is 5.71 Å². The van der Waals surface area contributed by atoms with Gasteiger partial charge in [-0.1, -0.05) is 12.1 Å². The standard InChI is InChI=1S/C36H42N2O20S6/c1-35(2)30(38(14-7-17-61(47,48)49)28-20-22(62(50,51)52)19-26(32(28)35)34(39)40)8-4-9-31-36(3,12-5-15-59(41,42)43)33-25-18-23(63(53,54)55)21-29(64(56,57)58)24(25)10-11-27(33)37(31)13-6-16-60(44,45)46/h4,8-11,18-21H,5-7,12-17H2,1-3H3,(H6-,39,40,41,42,43,44,45,46,47,48,49,50,51,52,53,54,55,56,57,58)/p+1. The highest BCUT2D eigenvalue weighted by Crippen LogP contribution is 2.54. The van der Waals surface area contributed by atoms with E-state index in [1.165, 1.54) is 46.8 Å². The van der Waals surface area contributed by atoms with E-state index >= 15 is 0 Å². The molecule has 3 aromatic rings. The number of carboxylic acids is 1. The molecule has 7 N–H and O–H groups in total. The van der Waals surface area contributed by atoms with Crippen LogP contribution in [0.5, 0.6) is 0 Å². The number of allylic oxidation sites excluding steroid dienone is 4. The average Bonchev–Trinajstić information content (AvgIpc) is 3.47. The Balaban J connectivity index is 1.86. The summed E-state index contributed by atoms with van der Waals surface area (Å²) in [5.41, 5.74) is -2.87. The van der Waals surface area contributed by atoms with E-state index in [1.807, 2.05) is 0 Å². The van der Waals surface area contributed by atoms with Gasteiger partial charge >= 0.3 is 5.97 Å². The van der Waals surface area contributed by atoms with Gasteiger partial charge in [-0.05, 0) is 81.3 Å². The van der Waals surface area contributed by atoms with E-state index in [9.17, 15) is 87.7 Å². The number of nitrogens with zero attached hydrogens (tertiary/aromatic N) is 2. The van der Waals surface area contributed by atoms with Gasteiger partial charge in [-0.25, -0.2) is 4.79 Å². The zero-order valence-corrected chi connectivity index (χ0v) is 38.7. The van der Waals surface area contributed by atoms with Crippen LogP contribution in [0.1, 0.15) is 67.9 Å². The van der Waals surface area contributed by atoms with Crippen molar-refractivity contribution in [3.63, 3.8) is 0 Å². The minimum absolute atomic E-state index is 0.0393. The zero-order chi connectivity index (χ0) is 48.4.